The molecule has 1 aromatic carbocycles. The average Bonchev–Trinajstić information content (AvgIpc) is 2.99. The number of nitrogens with one attached hydrogen (secondary N) is 1. The maximum Gasteiger partial charge on any atom is 0.335 e. The number of pyridine rings is 1. The van der Waals surface area contributed by atoms with E-state index in [-0.39, 0.29) is 17.1 Å². The van der Waals surface area contributed by atoms with E-state index in [1.54, 1.807) is 29.8 Å². The van der Waals surface area contributed by atoms with Crippen molar-refractivity contribution in [3.05, 3.63) is 69.1 Å². The van der Waals surface area contributed by atoms with Crippen LogP contribution in [0.15, 0.2) is 36.5 Å². The Morgan fingerprint density at radius 3 is 2.67 bits per heavy atom. The molecule has 10 heteroatoms. The van der Waals surface area contributed by atoms with Crippen molar-refractivity contribution in [1.82, 2.24) is 20.0 Å². The highest BCUT2D eigenvalue weighted by molar-refractivity contribution is 6.42. The number of hydrogen-bond donors (Lipinski definition) is 2. The minimum absolute atomic E-state index is 0.0142. The lowest BCUT2D eigenvalue weighted by Crippen LogP contribution is -2.16. The van der Waals surface area contributed by atoms with E-state index in [4.69, 9.17) is 28.3 Å². The van der Waals surface area contributed by atoms with Crippen LogP contribution in [0.25, 0.3) is 0 Å². The molecular weight excluding hydrogens is 393 g/mol. The van der Waals surface area contributed by atoms with Gasteiger partial charge in [0.05, 0.1) is 27.8 Å². The second kappa shape index (κ2) is 7.73. The van der Waals surface area contributed by atoms with Gasteiger partial charge in [0.1, 0.15) is 5.82 Å². The van der Waals surface area contributed by atoms with Crippen LogP contribution in [0.5, 0.6) is 0 Å². The number of halogens is 2. The van der Waals surface area contributed by atoms with Crippen molar-refractivity contribution in [1.29, 1.82) is 0 Å². The number of amides is 1. The number of carbonyl (C=O) groups excluding carboxylic acids is 1. The van der Waals surface area contributed by atoms with Crippen molar-refractivity contribution in [2.24, 2.45) is 0 Å². The first-order valence-corrected chi connectivity index (χ1v) is 8.45. The van der Waals surface area contributed by atoms with Gasteiger partial charge in [0, 0.05) is 6.20 Å². The van der Waals surface area contributed by atoms with Gasteiger partial charge in [-0.05, 0) is 36.8 Å². The van der Waals surface area contributed by atoms with E-state index in [9.17, 15) is 9.59 Å². The molecule has 0 unspecified atom stereocenters. The van der Waals surface area contributed by atoms with Crippen LogP contribution >= 0.6 is 23.2 Å². The predicted octanol–water partition coefficient (Wildman–Crippen LogP) is 3.29. The average molecular weight is 406 g/mol. The molecule has 0 aliphatic rings. The monoisotopic (exact) mass is 405 g/mol. The number of aromatic carboxylic acids is 1. The molecule has 3 rings (SSSR count). The molecule has 0 spiro atoms. The summed E-state index contributed by atoms with van der Waals surface area (Å²) >= 11 is 11.9. The van der Waals surface area contributed by atoms with Gasteiger partial charge in [-0.3, -0.25) is 4.79 Å². The van der Waals surface area contributed by atoms with E-state index in [0.717, 1.165) is 5.56 Å². The summed E-state index contributed by atoms with van der Waals surface area (Å²) in [6.45, 7) is 2.06. The van der Waals surface area contributed by atoms with E-state index >= 15 is 0 Å². The number of anilines is 1. The molecule has 3 aromatic rings. The number of nitrogens with zero attached hydrogens (tertiary/aromatic N) is 4. The van der Waals surface area contributed by atoms with Gasteiger partial charge in [-0.2, -0.15) is 0 Å². The number of carboxylic acid groups (broad SMARTS) is 1. The number of hydrogen-bond acceptors (Lipinski definition) is 5. The van der Waals surface area contributed by atoms with Crippen molar-refractivity contribution >= 4 is 40.9 Å². The molecule has 0 bridgehead atoms. The highest BCUT2D eigenvalue weighted by Gasteiger charge is 2.18. The van der Waals surface area contributed by atoms with Crippen LogP contribution in [-0.2, 0) is 6.54 Å². The van der Waals surface area contributed by atoms with Gasteiger partial charge in [-0.1, -0.05) is 34.5 Å². The van der Waals surface area contributed by atoms with Crippen molar-refractivity contribution in [3.63, 3.8) is 0 Å². The predicted molar refractivity (Wildman–Crippen MR) is 99.5 cm³/mol. The molecule has 0 aliphatic carbocycles. The SMILES string of the molecule is Cc1c(C(=O)Nc2cc(C(=O)O)ccn2)nnn1Cc1ccc(Cl)c(Cl)c1. The normalized spacial score (nSPS) is 10.6. The van der Waals surface area contributed by atoms with E-state index in [0.29, 0.717) is 22.3 Å². The van der Waals surface area contributed by atoms with Gasteiger partial charge in [0.25, 0.3) is 5.91 Å². The molecule has 0 atom stereocenters. The second-order valence-electron chi connectivity index (χ2n) is 5.62. The lowest BCUT2D eigenvalue weighted by molar-refractivity contribution is 0.0696. The molecular formula is C17H13Cl2N5O3. The zero-order chi connectivity index (χ0) is 19.6. The van der Waals surface area contributed by atoms with Gasteiger partial charge in [-0.15, -0.1) is 5.10 Å². The highest BCUT2D eigenvalue weighted by Crippen LogP contribution is 2.23. The molecule has 2 aromatic heterocycles. The summed E-state index contributed by atoms with van der Waals surface area (Å²) in [7, 11) is 0. The summed E-state index contributed by atoms with van der Waals surface area (Å²) in [4.78, 5) is 27.4. The Hall–Kier alpha value is -2.97. The minimum Gasteiger partial charge on any atom is -0.478 e. The fourth-order valence-electron chi connectivity index (χ4n) is 2.34. The number of rotatable bonds is 5. The second-order valence-corrected chi connectivity index (χ2v) is 6.43. The fraction of sp³-hybridized carbons (Fsp3) is 0.118. The maximum absolute atomic E-state index is 12.4. The quantitative estimate of drug-likeness (QED) is 0.673. The summed E-state index contributed by atoms with van der Waals surface area (Å²) in [6, 6.07) is 7.79. The van der Waals surface area contributed by atoms with Gasteiger partial charge in [0.2, 0.25) is 0 Å². The molecule has 1 amide bonds. The Kier molecular flexibility index (Phi) is 5.38. The lowest BCUT2D eigenvalue weighted by Gasteiger charge is -2.06. The van der Waals surface area contributed by atoms with Crippen LogP contribution in [0, 0.1) is 6.92 Å². The number of benzene rings is 1. The van der Waals surface area contributed by atoms with Crippen LogP contribution in [-0.4, -0.2) is 37.0 Å². The first-order valence-electron chi connectivity index (χ1n) is 7.70. The van der Waals surface area contributed by atoms with Gasteiger partial charge in [0.15, 0.2) is 5.69 Å². The summed E-state index contributed by atoms with van der Waals surface area (Å²) in [6.07, 6.45) is 1.30. The summed E-state index contributed by atoms with van der Waals surface area (Å²) < 4.78 is 1.55. The van der Waals surface area contributed by atoms with Crippen molar-refractivity contribution in [2.75, 3.05) is 5.32 Å². The van der Waals surface area contributed by atoms with Gasteiger partial charge >= 0.3 is 5.97 Å². The Balaban J connectivity index is 1.78. The minimum atomic E-state index is -1.11. The number of carbonyl (C=O) groups is 2. The first-order chi connectivity index (χ1) is 12.8. The van der Waals surface area contributed by atoms with E-state index in [2.05, 4.69) is 20.6 Å². The zero-order valence-corrected chi connectivity index (χ0v) is 15.5. The molecule has 138 valence electrons. The summed E-state index contributed by atoms with van der Waals surface area (Å²) in [5.74, 6) is -1.54. The summed E-state index contributed by atoms with van der Waals surface area (Å²) in [5.41, 5.74) is 1.51. The third kappa shape index (κ3) is 4.24. The van der Waals surface area contributed by atoms with Crippen LogP contribution in [0.1, 0.15) is 32.1 Å². The van der Waals surface area contributed by atoms with Gasteiger partial charge < -0.3 is 10.4 Å². The Labute approximate surface area is 163 Å². The van der Waals surface area contributed by atoms with Crippen LogP contribution in [0.2, 0.25) is 10.0 Å². The molecule has 27 heavy (non-hydrogen) atoms. The molecule has 0 aliphatic heterocycles. The third-order valence-corrected chi connectivity index (χ3v) is 4.50. The molecule has 8 nitrogen and oxygen atoms in total. The molecule has 0 fully saturated rings. The van der Waals surface area contributed by atoms with Crippen LogP contribution < -0.4 is 5.32 Å². The summed E-state index contributed by atoms with van der Waals surface area (Å²) in [5, 5.41) is 20.3. The van der Waals surface area contributed by atoms with E-state index in [1.807, 2.05) is 0 Å². The van der Waals surface area contributed by atoms with Crippen LogP contribution in [0.4, 0.5) is 5.82 Å². The topological polar surface area (TPSA) is 110 Å². The Morgan fingerprint density at radius 1 is 1.19 bits per heavy atom. The molecule has 0 saturated heterocycles. The third-order valence-electron chi connectivity index (χ3n) is 3.76. The largest absolute Gasteiger partial charge is 0.478 e. The Bertz CT molecular complexity index is 1040. The van der Waals surface area contributed by atoms with Crippen molar-refractivity contribution < 1.29 is 14.7 Å². The lowest BCUT2D eigenvalue weighted by atomic mass is 10.2. The zero-order valence-electron chi connectivity index (χ0n) is 14.0. The van der Waals surface area contributed by atoms with Crippen molar-refractivity contribution in [3.8, 4) is 0 Å². The van der Waals surface area contributed by atoms with E-state index in [1.165, 1.54) is 18.3 Å². The Morgan fingerprint density at radius 2 is 1.96 bits per heavy atom. The van der Waals surface area contributed by atoms with Gasteiger partial charge in [-0.25, -0.2) is 14.5 Å². The molecule has 0 saturated carbocycles. The standard InChI is InChI=1S/C17H13Cl2N5O3/c1-9-15(16(25)21-14-7-11(17(26)27)4-5-20-14)22-23-24(9)8-10-2-3-12(18)13(19)6-10/h2-7H,8H2,1H3,(H,26,27)(H,20,21,25). The fourth-order valence-corrected chi connectivity index (χ4v) is 2.66. The first kappa shape index (κ1) is 18.8. The van der Waals surface area contributed by atoms with Crippen LogP contribution in [0.3, 0.4) is 0 Å². The molecule has 0 radical (unpaired) electrons. The van der Waals surface area contributed by atoms with Crippen molar-refractivity contribution in [2.45, 2.75) is 13.5 Å². The smallest absolute Gasteiger partial charge is 0.335 e. The van der Waals surface area contributed by atoms with E-state index < -0.39 is 11.9 Å². The molecule has 2 heterocycles. The molecule has 2 N–H and O–H groups in total. The highest BCUT2D eigenvalue weighted by atomic mass is 35.5. The number of aromatic nitrogens is 4. The number of carboxylic acids is 1. The maximum atomic E-state index is 12.4.